The Hall–Kier alpha value is -2.03. The number of benzene rings is 3. The number of hydrogen-bond acceptors (Lipinski definition) is 2. The molecule has 0 saturated heterocycles. The van der Waals surface area contributed by atoms with E-state index in [4.69, 9.17) is 4.74 Å². The maximum Gasteiger partial charge on any atom is 0.124 e. The highest BCUT2D eigenvalue weighted by atomic mass is 35.5. The van der Waals surface area contributed by atoms with Crippen LogP contribution in [0.1, 0.15) is 37.5 Å². The first-order valence-electron chi connectivity index (χ1n) is 8.86. The molecular formula is C23H28ClNO. The van der Waals surface area contributed by atoms with Gasteiger partial charge in [0.2, 0.25) is 0 Å². The third kappa shape index (κ3) is 5.23. The summed E-state index contributed by atoms with van der Waals surface area (Å²) in [4.78, 5) is 0. The van der Waals surface area contributed by atoms with E-state index >= 15 is 0 Å². The minimum atomic E-state index is 0. The highest BCUT2D eigenvalue weighted by molar-refractivity contribution is 5.87. The standard InChI is InChI=1S/C23H27NO.ClH/c1-17-9-11-18(12-10-17)16-25-22-14-13-19-7-5-6-8-20(19)21(22)15-24-23(2,3)4;/h5-14,24H,15-16H2,1-4H3;1H. The highest BCUT2D eigenvalue weighted by Gasteiger charge is 2.14. The zero-order valence-corrected chi connectivity index (χ0v) is 16.8. The zero-order valence-electron chi connectivity index (χ0n) is 16.0. The lowest BCUT2D eigenvalue weighted by molar-refractivity contribution is 0.301. The molecule has 0 radical (unpaired) electrons. The van der Waals surface area contributed by atoms with E-state index in [-0.39, 0.29) is 17.9 Å². The first kappa shape index (κ1) is 20.3. The van der Waals surface area contributed by atoms with Gasteiger partial charge in [-0.1, -0.05) is 60.2 Å². The number of fused-ring (bicyclic) bond motifs is 1. The molecule has 0 aliphatic carbocycles. The molecule has 0 fully saturated rings. The average Bonchev–Trinajstić information content (AvgIpc) is 2.59. The monoisotopic (exact) mass is 369 g/mol. The van der Waals surface area contributed by atoms with Crippen LogP contribution in [-0.4, -0.2) is 5.54 Å². The summed E-state index contributed by atoms with van der Waals surface area (Å²) in [5.74, 6) is 0.955. The summed E-state index contributed by atoms with van der Waals surface area (Å²) in [5, 5.41) is 6.09. The molecule has 26 heavy (non-hydrogen) atoms. The van der Waals surface area contributed by atoms with E-state index in [9.17, 15) is 0 Å². The van der Waals surface area contributed by atoms with Crippen LogP contribution in [0.15, 0.2) is 60.7 Å². The molecule has 2 nitrogen and oxygen atoms in total. The molecular weight excluding hydrogens is 342 g/mol. The van der Waals surface area contributed by atoms with Gasteiger partial charge in [0.25, 0.3) is 0 Å². The van der Waals surface area contributed by atoms with Crippen LogP contribution in [0.3, 0.4) is 0 Å². The number of aryl methyl sites for hydroxylation is 1. The van der Waals surface area contributed by atoms with Gasteiger partial charge in [-0.25, -0.2) is 0 Å². The van der Waals surface area contributed by atoms with Gasteiger partial charge in [0.1, 0.15) is 12.4 Å². The number of rotatable bonds is 5. The smallest absolute Gasteiger partial charge is 0.124 e. The van der Waals surface area contributed by atoms with E-state index in [2.05, 4.69) is 93.7 Å². The highest BCUT2D eigenvalue weighted by Crippen LogP contribution is 2.29. The van der Waals surface area contributed by atoms with Crippen LogP contribution in [0.4, 0.5) is 0 Å². The predicted octanol–water partition coefficient (Wildman–Crippen LogP) is 6.04. The fourth-order valence-corrected chi connectivity index (χ4v) is 2.83. The fraction of sp³-hybridized carbons (Fsp3) is 0.304. The molecule has 0 atom stereocenters. The second-order valence-electron chi connectivity index (χ2n) is 7.64. The second kappa shape index (κ2) is 8.57. The number of nitrogens with one attached hydrogen (secondary N) is 1. The van der Waals surface area contributed by atoms with Crippen LogP contribution in [0.25, 0.3) is 10.8 Å². The molecule has 1 N–H and O–H groups in total. The molecule has 0 bridgehead atoms. The van der Waals surface area contributed by atoms with Crippen molar-refractivity contribution in [2.75, 3.05) is 0 Å². The number of hydrogen-bond donors (Lipinski definition) is 1. The summed E-state index contributed by atoms with van der Waals surface area (Å²) >= 11 is 0. The summed E-state index contributed by atoms with van der Waals surface area (Å²) < 4.78 is 6.20. The van der Waals surface area contributed by atoms with E-state index < -0.39 is 0 Å². The maximum absolute atomic E-state index is 6.20. The Morgan fingerprint density at radius 1 is 0.885 bits per heavy atom. The normalized spacial score (nSPS) is 11.2. The Kier molecular flexibility index (Phi) is 6.69. The van der Waals surface area contributed by atoms with Gasteiger partial charge in [0.05, 0.1) is 0 Å². The van der Waals surface area contributed by atoms with Crippen LogP contribution in [0, 0.1) is 6.92 Å². The molecule has 3 rings (SSSR count). The van der Waals surface area contributed by atoms with Gasteiger partial charge in [0, 0.05) is 17.6 Å². The van der Waals surface area contributed by atoms with Gasteiger partial charge in [-0.3, -0.25) is 0 Å². The quantitative estimate of drug-likeness (QED) is 0.592. The molecule has 0 unspecified atom stereocenters. The van der Waals surface area contributed by atoms with Crippen molar-refractivity contribution in [3.63, 3.8) is 0 Å². The lowest BCUT2D eigenvalue weighted by Gasteiger charge is -2.22. The first-order valence-corrected chi connectivity index (χ1v) is 8.86. The van der Waals surface area contributed by atoms with Crippen LogP contribution >= 0.6 is 12.4 Å². The van der Waals surface area contributed by atoms with Crippen molar-refractivity contribution >= 4 is 23.2 Å². The van der Waals surface area contributed by atoms with E-state index in [1.54, 1.807) is 0 Å². The van der Waals surface area contributed by atoms with E-state index in [1.807, 2.05) is 0 Å². The topological polar surface area (TPSA) is 21.3 Å². The zero-order chi connectivity index (χ0) is 17.9. The van der Waals surface area contributed by atoms with Crippen LogP contribution < -0.4 is 10.1 Å². The lowest BCUT2D eigenvalue weighted by atomic mass is 10.0. The van der Waals surface area contributed by atoms with E-state index in [0.717, 1.165) is 12.3 Å². The Balaban J connectivity index is 0.00000243. The number of halogens is 1. The number of ether oxygens (including phenoxy) is 1. The van der Waals surface area contributed by atoms with Crippen LogP contribution in [0.2, 0.25) is 0 Å². The van der Waals surface area contributed by atoms with Gasteiger partial charge < -0.3 is 10.1 Å². The van der Waals surface area contributed by atoms with Crippen molar-refractivity contribution in [3.8, 4) is 5.75 Å². The van der Waals surface area contributed by atoms with Gasteiger partial charge in [0.15, 0.2) is 0 Å². The molecule has 0 aliphatic rings. The molecule has 3 aromatic rings. The minimum Gasteiger partial charge on any atom is -0.489 e. The Morgan fingerprint density at radius 2 is 1.58 bits per heavy atom. The third-order valence-corrected chi connectivity index (χ3v) is 4.31. The third-order valence-electron chi connectivity index (χ3n) is 4.31. The SMILES string of the molecule is Cc1ccc(COc2ccc3ccccc3c2CNC(C)(C)C)cc1.Cl. The van der Waals surface area contributed by atoms with Crippen molar-refractivity contribution in [2.24, 2.45) is 0 Å². The molecule has 0 aliphatic heterocycles. The lowest BCUT2D eigenvalue weighted by Crippen LogP contribution is -2.35. The first-order chi connectivity index (χ1) is 11.9. The van der Waals surface area contributed by atoms with Crippen molar-refractivity contribution in [3.05, 3.63) is 77.4 Å². The van der Waals surface area contributed by atoms with Gasteiger partial charge in [-0.05, 0) is 50.1 Å². The largest absolute Gasteiger partial charge is 0.489 e. The molecule has 3 aromatic carbocycles. The summed E-state index contributed by atoms with van der Waals surface area (Å²) in [6.45, 7) is 10.0. The Labute approximate surface area is 163 Å². The molecule has 0 amide bonds. The summed E-state index contributed by atoms with van der Waals surface area (Å²) in [5.41, 5.74) is 3.74. The Morgan fingerprint density at radius 3 is 2.27 bits per heavy atom. The molecule has 0 heterocycles. The molecule has 0 aromatic heterocycles. The van der Waals surface area contributed by atoms with Crippen molar-refractivity contribution in [2.45, 2.75) is 46.4 Å². The summed E-state index contributed by atoms with van der Waals surface area (Å²) in [6, 6.07) is 21.2. The van der Waals surface area contributed by atoms with Crippen LogP contribution in [-0.2, 0) is 13.2 Å². The average molecular weight is 370 g/mol. The van der Waals surface area contributed by atoms with Crippen molar-refractivity contribution in [1.29, 1.82) is 0 Å². The molecule has 138 valence electrons. The van der Waals surface area contributed by atoms with Crippen molar-refractivity contribution < 1.29 is 4.74 Å². The van der Waals surface area contributed by atoms with E-state index in [0.29, 0.717) is 6.61 Å². The van der Waals surface area contributed by atoms with Gasteiger partial charge in [-0.2, -0.15) is 0 Å². The maximum atomic E-state index is 6.20. The van der Waals surface area contributed by atoms with Gasteiger partial charge >= 0.3 is 0 Å². The summed E-state index contributed by atoms with van der Waals surface area (Å²) in [6.07, 6.45) is 0. The predicted molar refractivity (Wildman–Crippen MR) is 113 cm³/mol. The van der Waals surface area contributed by atoms with Crippen LogP contribution in [0.5, 0.6) is 5.75 Å². The van der Waals surface area contributed by atoms with E-state index in [1.165, 1.54) is 27.5 Å². The molecule has 0 saturated carbocycles. The van der Waals surface area contributed by atoms with Gasteiger partial charge in [-0.15, -0.1) is 12.4 Å². The molecule has 0 spiro atoms. The summed E-state index contributed by atoms with van der Waals surface area (Å²) in [7, 11) is 0. The minimum absolute atomic E-state index is 0. The van der Waals surface area contributed by atoms with Crippen molar-refractivity contribution in [1.82, 2.24) is 5.32 Å². The molecule has 3 heteroatoms. The Bertz CT molecular complexity index is 850. The second-order valence-corrected chi connectivity index (χ2v) is 7.64. The fourth-order valence-electron chi connectivity index (χ4n) is 2.83.